The lowest BCUT2D eigenvalue weighted by Gasteiger charge is -2.23. The van der Waals surface area contributed by atoms with Crippen molar-refractivity contribution >= 4 is 40.2 Å². The fourth-order valence-electron chi connectivity index (χ4n) is 3.79. The quantitative estimate of drug-likeness (QED) is 0.320. The van der Waals surface area contributed by atoms with Crippen LogP contribution in [0.15, 0.2) is 58.5 Å². The molecule has 9 heteroatoms. The number of hydrogen-bond donors (Lipinski definition) is 1. The lowest BCUT2D eigenvalue weighted by Crippen LogP contribution is -2.39. The van der Waals surface area contributed by atoms with Crippen molar-refractivity contribution in [2.24, 2.45) is 0 Å². The standard InChI is InChI=1S/C26H32N4O4S/c1-5-14-29(15-23(31)27-21-12-8-6-10-18(21)2)24(32)17-35-26-28-22-13-9-7-11-20(22)25(33)30(26)19(3)16-34-4/h6-13,19H,5,14-17H2,1-4H3,(H,27,31). The van der Waals surface area contributed by atoms with Gasteiger partial charge in [-0.15, -0.1) is 0 Å². The van der Waals surface area contributed by atoms with E-state index in [0.29, 0.717) is 29.2 Å². The molecule has 1 unspecified atom stereocenters. The number of hydrogen-bond acceptors (Lipinski definition) is 6. The number of methoxy groups -OCH3 is 1. The summed E-state index contributed by atoms with van der Waals surface area (Å²) in [6.45, 7) is 6.51. The van der Waals surface area contributed by atoms with E-state index in [0.717, 1.165) is 17.7 Å². The summed E-state index contributed by atoms with van der Waals surface area (Å²) in [6, 6.07) is 14.4. The second-order valence-corrected chi connectivity index (χ2v) is 9.30. The summed E-state index contributed by atoms with van der Waals surface area (Å²) in [5, 5.41) is 3.85. The highest BCUT2D eigenvalue weighted by Gasteiger charge is 2.21. The van der Waals surface area contributed by atoms with E-state index >= 15 is 0 Å². The van der Waals surface area contributed by atoms with Gasteiger partial charge in [0.05, 0.1) is 35.8 Å². The van der Waals surface area contributed by atoms with Gasteiger partial charge in [-0.25, -0.2) is 4.98 Å². The van der Waals surface area contributed by atoms with Crippen molar-refractivity contribution in [3.63, 3.8) is 0 Å². The summed E-state index contributed by atoms with van der Waals surface area (Å²) in [5.41, 5.74) is 2.09. The number of amides is 2. The Morgan fingerprint density at radius 3 is 2.60 bits per heavy atom. The minimum Gasteiger partial charge on any atom is -0.383 e. The van der Waals surface area contributed by atoms with E-state index in [1.807, 2.05) is 51.1 Å². The van der Waals surface area contributed by atoms with E-state index in [1.165, 1.54) is 11.8 Å². The Kier molecular flexibility index (Phi) is 9.45. The topological polar surface area (TPSA) is 93.5 Å². The van der Waals surface area contributed by atoms with Crippen molar-refractivity contribution in [3.05, 3.63) is 64.4 Å². The molecule has 0 saturated carbocycles. The molecule has 1 N–H and O–H groups in total. The largest absolute Gasteiger partial charge is 0.383 e. The lowest BCUT2D eigenvalue weighted by molar-refractivity contribution is -0.132. The predicted molar refractivity (Wildman–Crippen MR) is 140 cm³/mol. The van der Waals surface area contributed by atoms with Gasteiger partial charge in [-0.3, -0.25) is 19.0 Å². The van der Waals surface area contributed by atoms with Gasteiger partial charge in [-0.2, -0.15) is 0 Å². The molecule has 0 bridgehead atoms. The summed E-state index contributed by atoms with van der Waals surface area (Å²) < 4.78 is 6.84. The average Bonchev–Trinajstić information content (AvgIpc) is 2.84. The van der Waals surface area contributed by atoms with Crippen LogP contribution in [0.2, 0.25) is 0 Å². The highest BCUT2D eigenvalue weighted by atomic mass is 32.2. The third-order valence-electron chi connectivity index (χ3n) is 5.55. The van der Waals surface area contributed by atoms with Crippen molar-refractivity contribution in [3.8, 4) is 0 Å². The highest BCUT2D eigenvalue weighted by molar-refractivity contribution is 7.99. The zero-order valence-corrected chi connectivity index (χ0v) is 21.4. The molecule has 1 aromatic heterocycles. The Hall–Kier alpha value is -3.17. The first-order valence-corrected chi connectivity index (χ1v) is 12.6. The number of para-hydroxylation sites is 2. The van der Waals surface area contributed by atoms with Crippen LogP contribution in [-0.4, -0.2) is 58.8 Å². The van der Waals surface area contributed by atoms with Crippen LogP contribution in [0.25, 0.3) is 10.9 Å². The van der Waals surface area contributed by atoms with Crippen LogP contribution in [0, 0.1) is 6.92 Å². The SMILES string of the molecule is CCCN(CC(=O)Nc1ccccc1C)C(=O)CSc1nc2ccccc2c(=O)n1C(C)COC. The first-order chi connectivity index (χ1) is 16.8. The number of fused-ring (bicyclic) bond motifs is 1. The number of benzene rings is 2. The van der Waals surface area contributed by atoms with Gasteiger partial charge >= 0.3 is 0 Å². The maximum atomic E-state index is 13.2. The summed E-state index contributed by atoms with van der Waals surface area (Å²) >= 11 is 1.20. The number of nitrogens with zero attached hydrogens (tertiary/aromatic N) is 3. The van der Waals surface area contributed by atoms with E-state index in [4.69, 9.17) is 4.74 Å². The Morgan fingerprint density at radius 2 is 1.89 bits per heavy atom. The third-order valence-corrected chi connectivity index (χ3v) is 6.49. The molecule has 0 aliphatic rings. The molecule has 0 aliphatic heterocycles. The minimum atomic E-state index is -0.256. The molecule has 2 amide bonds. The van der Waals surface area contributed by atoms with Gasteiger partial charge in [0.1, 0.15) is 0 Å². The highest BCUT2D eigenvalue weighted by Crippen LogP contribution is 2.22. The number of anilines is 1. The lowest BCUT2D eigenvalue weighted by atomic mass is 10.2. The molecule has 0 fully saturated rings. The Morgan fingerprint density at radius 1 is 1.17 bits per heavy atom. The fraction of sp³-hybridized carbons (Fsp3) is 0.385. The van der Waals surface area contributed by atoms with Crippen LogP contribution >= 0.6 is 11.8 Å². The number of aryl methyl sites for hydroxylation is 1. The molecule has 0 radical (unpaired) electrons. The molecular weight excluding hydrogens is 464 g/mol. The van der Waals surface area contributed by atoms with Crippen molar-refractivity contribution < 1.29 is 14.3 Å². The van der Waals surface area contributed by atoms with Crippen molar-refractivity contribution in [2.45, 2.75) is 38.4 Å². The van der Waals surface area contributed by atoms with E-state index in [9.17, 15) is 14.4 Å². The number of carbonyl (C=O) groups excluding carboxylic acids is 2. The van der Waals surface area contributed by atoms with Gasteiger partial charge in [0.15, 0.2) is 5.16 Å². The number of aromatic nitrogens is 2. The minimum absolute atomic E-state index is 0.0421. The van der Waals surface area contributed by atoms with Crippen molar-refractivity contribution in [1.29, 1.82) is 0 Å². The van der Waals surface area contributed by atoms with Gasteiger partial charge in [-0.1, -0.05) is 49.0 Å². The summed E-state index contributed by atoms with van der Waals surface area (Å²) in [5.74, 6) is -0.382. The van der Waals surface area contributed by atoms with Crippen LogP contribution in [0.5, 0.6) is 0 Å². The smallest absolute Gasteiger partial charge is 0.262 e. The van der Waals surface area contributed by atoms with Crippen LogP contribution in [-0.2, 0) is 14.3 Å². The Labute approximate surface area is 209 Å². The van der Waals surface area contributed by atoms with Crippen LogP contribution in [0.4, 0.5) is 5.69 Å². The second-order valence-electron chi connectivity index (χ2n) is 8.36. The summed E-state index contributed by atoms with van der Waals surface area (Å²) in [7, 11) is 1.58. The van der Waals surface area contributed by atoms with E-state index in [1.54, 1.807) is 34.8 Å². The summed E-state index contributed by atoms with van der Waals surface area (Å²) in [4.78, 5) is 45.2. The Bertz CT molecular complexity index is 1240. The van der Waals surface area contributed by atoms with Crippen molar-refractivity contribution in [1.82, 2.24) is 14.5 Å². The number of thioether (sulfide) groups is 1. The molecule has 1 atom stereocenters. The van der Waals surface area contributed by atoms with Crippen LogP contribution in [0.3, 0.4) is 0 Å². The zero-order chi connectivity index (χ0) is 25.4. The zero-order valence-electron chi connectivity index (χ0n) is 20.6. The number of rotatable bonds is 11. The first kappa shape index (κ1) is 26.4. The molecular formula is C26H32N4O4S. The normalized spacial score (nSPS) is 11.9. The van der Waals surface area contributed by atoms with Gasteiger partial charge in [0.2, 0.25) is 11.8 Å². The fourth-order valence-corrected chi connectivity index (χ4v) is 4.79. The molecule has 186 valence electrons. The maximum absolute atomic E-state index is 13.2. The van der Waals surface area contributed by atoms with E-state index in [-0.39, 0.29) is 35.7 Å². The molecule has 0 aliphatic carbocycles. The molecule has 2 aromatic carbocycles. The van der Waals surface area contributed by atoms with E-state index in [2.05, 4.69) is 10.3 Å². The number of nitrogens with one attached hydrogen (secondary N) is 1. The molecule has 0 spiro atoms. The molecule has 8 nitrogen and oxygen atoms in total. The monoisotopic (exact) mass is 496 g/mol. The van der Waals surface area contributed by atoms with Crippen LogP contribution in [0.1, 0.15) is 31.9 Å². The van der Waals surface area contributed by atoms with Crippen molar-refractivity contribution in [2.75, 3.05) is 37.9 Å². The predicted octanol–water partition coefficient (Wildman–Crippen LogP) is 3.88. The van der Waals surface area contributed by atoms with Gasteiger partial charge in [-0.05, 0) is 44.0 Å². The maximum Gasteiger partial charge on any atom is 0.262 e. The van der Waals surface area contributed by atoms with Gasteiger partial charge < -0.3 is 15.0 Å². The first-order valence-electron chi connectivity index (χ1n) is 11.6. The van der Waals surface area contributed by atoms with E-state index < -0.39 is 0 Å². The number of carbonyl (C=O) groups is 2. The molecule has 3 aromatic rings. The molecule has 0 saturated heterocycles. The molecule has 3 rings (SSSR count). The average molecular weight is 497 g/mol. The molecule has 35 heavy (non-hydrogen) atoms. The molecule has 1 heterocycles. The number of ether oxygens (including phenoxy) is 1. The second kappa shape index (κ2) is 12.5. The van der Waals surface area contributed by atoms with Gasteiger partial charge in [0.25, 0.3) is 5.56 Å². The third kappa shape index (κ3) is 6.70. The van der Waals surface area contributed by atoms with Crippen LogP contribution < -0.4 is 10.9 Å². The Balaban J connectivity index is 1.77. The van der Waals surface area contributed by atoms with Gasteiger partial charge in [0, 0.05) is 19.3 Å². The summed E-state index contributed by atoms with van der Waals surface area (Å²) in [6.07, 6.45) is 0.720.